The SMILES string of the molecule is CC(C)(C(=O)NCC1CCCC(N)C1)c1ccccc1. The van der Waals surface area contributed by atoms with Crippen LogP contribution in [0.5, 0.6) is 0 Å². The number of amides is 1. The monoisotopic (exact) mass is 274 g/mol. The van der Waals surface area contributed by atoms with E-state index >= 15 is 0 Å². The molecular weight excluding hydrogens is 248 g/mol. The molecule has 2 atom stereocenters. The highest BCUT2D eigenvalue weighted by Gasteiger charge is 2.30. The number of benzene rings is 1. The smallest absolute Gasteiger partial charge is 0.230 e. The van der Waals surface area contributed by atoms with E-state index < -0.39 is 5.41 Å². The van der Waals surface area contributed by atoms with Gasteiger partial charge in [-0.2, -0.15) is 0 Å². The molecule has 3 N–H and O–H groups in total. The first-order chi connectivity index (χ1) is 9.50. The summed E-state index contributed by atoms with van der Waals surface area (Å²) >= 11 is 0. The maximum atomic E-state index is 12.4. The van der Waals surface area contributed by atoms with Crippen molar-refractivity contribution in [3.8, 4) is 0 Å². The average molecular weight is 274 g/mol. The zero-order valence-electron chi connectivity index (χ0n) is 12.6. The summed E-state index contributed by atoms with van der Waals surface area (Å²) in [6, 6.07) is 10.3. The van der Waals surface area contributed by atoms with Gasteiger partial charge in [-0.3, -0.25) is 4.79 Å². The van der Waals surface area contributed by atoms with E-state index in [1.165, 1.54) is 12.8 Å². The Kier molecular flexibility index (Phi) is 4.81. The molecule has 2 unspecified atom stereocenters. The van der Waals surface area contributed by atoms with Crippen LogP contribution in [-0.4, -0.2) is 18.5 Å². The normalized spacial score (nSPS) is 23.4. The lowest BCUT2D eigenvalue weighted by atomic mass is 9.82. The minimum atomic E-state index is -0.488. The molecule has 1 amide bonds. The van der Waals surface area contributed by atoms with Crippen molar-refractivity contribution in [1.29, 1.82) is 0 Å². The molecule has 2 rings (SSSR count). The standard InChI is InChI=1S/C17H26N2O/c1-17(2,14-8-4-3-5-9-14)16(20)19-12-13-7-6-10-15(18)11-13/h3-5,8-9,13,15H,6-7,10-12,18H2,1-2H3,(H,19,20). The van der Waals surface area contributed by atoms with Gasteiger partial charge in [0.2, 0.25) is 5.91 Å². The number of rotatable bonds is 4. The lowest BCUT2D eigenvalue weighted by Crippen LogP contribution is -2.43. The van der Waals surface area contributed by atoms with Gasteiger partial charge in [-0.05, 0) is 44.6 Å². The van der Waals surface area contributed by atoms with Crippen LogP contribution in [0.4, 0.5) is 0 Å². The molecule has 110 valence electrons. The lowest BCUT2D eigenvalue weighted by molar-refractivity contribution is -0.125. The summed E-state index contributed by atoms with van der Waals surface area (Å²) in [6.45, 7) is 4.71. The molecular formula is C17H26N2O. The molecule has 20 heavy (non-hydrogen) atoms. The fraction of sp³-hybridized carbons (Fsp3) is 0.588. The Morgan fingerprint density at radius 2 is 2.00 bits per heavy atom. The van der Waals surface area contributed by atoms with E-state index in [-0.39, 0.29) is 5.91 Å². The Morgan fingerprint density at radius 1 is 1.30 bits per heavy atom. The van der Waals surface area contributed by atoms with Crippen LogP contribution in [-0.2, 0) is 10.2 Å². The molecule has 0 heterocycles. The molecule has 0 saturated heterocycles. The predicted molar refractivity (Wildman–Crippen MR) is 82.4 cm³/mol. The second kappa shape index (κ2) is 6.40. The lowest BCUT2D eigenvalue weighted by Gasteiger charge is -2.29. The molecule has 0 radical (unpaired) electrons. The Morgan fingerprint density at radius 3 is 2.65 bits per heavy atom. The van der Waals surface area contributed by atoms with E-state index in [0.717, 1.165) is 24.9 Å². The maximum Gasteiger partial charge on any atom is 0.230 e. The van der Waals surface area contributed by atoms with Gasteiger partial charge in [0.05, 0.1) is 5.41 Å². The minimum Gasteiger partial charge on any atom is -0.355 e. The van der Waals surface area contributed by atoms with Gasteiger partial charge in [-0.25, -0.2) is 0 Å². The van der Waals surface area contributed by atoms with Crippen LogP contribution < -0.4 is 11.1 Å². The second-order valence-corrected chi connectivity index (χ2v) is 6.49. The molecule has 0 spiro atoms. The van der Waals surface area contributed by atoms with Crippen LogP contribution in [0.3, 0.4) is 0 Å². The first kappa shape index (κ1) is 15.0. The van der Waals surface area contributed by atoms with Crippen molar-refractivity contribution in [3.63, 3.8) is 0 Å². The van der Waals surface area contributed by atoms with Crippen molar-refractivity contribution in [2.24, 2.45) is 11.7 Å². The summed E-state index contributed by atoms with van der Waals surface area (Å²) in [4.78, 5) is 12.4. The van der Waals surface area contributed by atoms with Gasteiger partial charge in [0.1, 0.15) is 0 Å². The Bertz CT molecular complexity index is 442. The molecule has 1 saturated carbocycles. The maximum absolute atomic E-state index is 12.4. The highest BCUT2D eigenvalue weighted by atomic mass is 16.2. The summed E-state index contributed by atoms with van der Waals surface area (Å²) in [5, 5.41) is 3.12. The minimum absolute atomic E-state index is 0.0999. The molecule has 0 aliphatic heterocycles. The van der Waals surface area contributed by atoms with E-state index in [4.69, 9.17) is 5.73 Å². The largest absolute Gasteiger partial charge is 0.355 e. The number of nitrogens with two attached hydrogens (primary N) is 1. The summed E-state index contributed by atoms with van der Waals surface area (Å²) in [5.74, 6) is 0.636. The molecule has 0 aromatic heterocycles. The van der Waals surface area contributed by atoms with E-state index in [0.29, 0.717) is 12.0 Å². The molecule has 1 aliphatic rings. The quantitative estimate of drug-likeness (QED) is 0.886. The van der Waals surface area contributed by atoms with Gasteiger partial charge in [0, 0.05) is 12.6 Å². The van der Waals surface area contributed by atoms with Crippen LogP contribution in [0.15, 0.2) is 30.3 Å². The Balaban J connectivity index is 1.91. The van der Waals surface area contributed by atoms with Crippen molar-refractivity contribution in [1.82, 2.24) is 5.32 Å². The zero-order valence-corrected chi connectivity index (χ0v) is 12.6. The molecule has 0 bridgehead atoms. The Labute approximate surface area is 121 Å². The number of hydrogen-bond acceptors (Lipinski definition) is 2. The third-order valence-electron chi connectivity index (χ3n) is 4.44. The van der Waals surface area contributed by atoms with Gasteiger partial charge in [-0.1, -0.05) is 36.8 Å². The van der Waals surface area contributed by atoms with E-state index in [1.807, 2.05) is 44.2 Å². The number of hydrogen-bond donors (Lipinski definition) is 2. The number of carbonyl (C=O) groups is 1. The first-order valence-electron chi connectivity index (χ1n) is 7.59. The van der Waals surface area contributed by atoms with Crippen LogP contribution in [0.1, 0.15) is 45.1 Å². The molecule has 1 fully saturated rings. The summed E-state index contributed by atoms with van der Waals surface area (Å²) < 4.78 is 0. The van der Waals surface area contributed by atoms with Crippen molar-refractivity contribution >= 4 is 5.91 Å². The molecule has 3 heteroatoms. The molecule has 1 aromatic carbocycles. The fourth-order valence-corrected chi connectivity index (χ4v) is 2.96. The van der Waals surface area contributed by atoms with Gasteiger partial charge in [0.15, 0.2) is 0 Å². The summed E-state index contributed by atoms with van der Waals surface area (Å²) in [5.41, 5.74) is 6.56. The van der Waals surface area contributed by atoms with E-state index in [9.17, 15) is 4.79 Å². The van der Waals surface area contributed by atoms with Gasteiger partial charge >= 0.3 is 0 Å². The van der Waals surface area contributed by atoms with Gasteiger partial charge < -0.3 is 11.1 Å². The third kappa shape index (κ3) is 3.60. The number of carbonyl (C=O) groups excluding carboxylic acids is 1. The van der Waals surface area contributed by atoms with E-state index in [1.54, 1.807) is 0 Å². The number of nitrogens with one attached hydrogen (secondary N) is 1. The predicted octanol–water partition coefficient (Wildman–Crippen LogP) is 2.60. The molecule has 3 nitrogen and oxygen atoms in total. The second-order valence-electron chi connectivity index (χ2n) is 6.49. The van der Waals surface area contributed by atoms with Crippen molar-refractivity contribution < 1.29 is 4.79 Å². The Hall–Kier alpha value is -1.35. The summed E-state index contributed by atoms with van der Waals surface area (Å²) in [6.07, 6.45) is 4.52. The third-order valence-corrected chi connectivity index (χ3v) is 4.44. The highest BCUT2D eigenvalue weighted by molar-refractivity contribution is 5.87. The van der Waals surface area contributed by atoms with Gasteiger partial charge in [-0.15, -0.1) is 0 Å². The van der Waals surface area contributed by atoms with Crippen molar-refractivity contribution in [3.05, 3.63) is 35.9 Å². The van der Waals surface area contributed by atoms with Crippen LogP contribution in [0, 0.1) is 5.92 Å². The highest BCUT2D eigenvalue weighted by Crippen LogP contribution is 2.25. The van der Waals surface area contributed by atoms with Crippen LogP contribution in [0.25, 0.3) is 0 Å². The molecule has 1 aliphatic carbocycles. The fourth-order valence-electron chi connectivity index (χ4n) is 2.96. The average Bonchev–Trinajstić information content (AvgIpc) is 2.45. The molecule has 1 aromatic rings. The van der Waals surface area contributed by atoms with Crippen molar-refractivity contribution in [2.75, 3.05) is 6.54 Å². The van der Waals surface area contributed by atoms with Crippen LogP contribution >= 0.6 is 0 Å². The zero-order chi connectivity index (χ0) is 14.6. The van der Waals surface area contributed by atoms with E-state index in [2.05, 4.69) is 5.32 Å². The topological polar surface area (TPSA) is 55.1 Å². The van der Waals surface area contributed by atoms with Crippen LogP contribution in [0.2, 0.25) is 0 Å². The summed E-state index contributed by atoms with van der Waals surface area (Å²) in [7, 11) is 0. The van der Waals surface area contributed by atoms with Crippen molar-refractivity contribution in [2.45, 2.75) is 51.0 Å². The van der Waals surface area contributed by atoms with Gasteiger partial charge in [0.25, 0.3) is 0 Å². The first-order valence-corrected chi connectivity index (χ1v) is 7.59.